The average molecular weight is 318 g/mol. The van der Waals surface area contributed by atoms with Crippen molar-refractivity contribution < 1.29 is 9.53 Å². The molecule has 1 fully saturated rings. The molecule has 1 amide bonds. The average Bonchev–Trinajstić information content (AvgIpc) is 3.19. The number of hydrogen-bond donors (Lipinski definition) is 0. The third-order valence-electron chi connectivity index (χ3n) is 4.19. The summed E-state index contributed by atoms with van der Waals surface area (Å²) in [7, 11) is 1.98. The lowest BCUT2D eigenvalue weighted by Crippen LogP contribution is -2.40. The van der Waals surface area contributed by atoms with Gasteiger partial charge in [0.25, 0.3) is 0 Å². The number of aromatic nitrogens is 5. The number of likely N-dealkylation sites (tertiary alicyclic amines) is 1. The van der Waals surface area contributed by atoms with Crippen molar-refractivity contribution in [3.05, 3.63) is 30.4 Å². The molecule has 23 heavy (non-hydrogen) atoms. The lowest BCUT2D eigenvalue weighted by molar-refractivity contribution is 0.0949. The summed E-state index contributed by atoms with van der Waals surface area (Å²) in [6.07, 6.45) is 7.13. The van der Waals surface area contributed by atoms with Crippen molar-refractivity contribution >= 4 is 6.09 Å². The smallest absolute Gasteiger partial charge is 0.409 e. The van der Waals surface area contributed by atoms with Crippen molar-refractivity contribution in [2.45, 2.75) is 32.2 Å². The molecule has 0 N–H and O–H groups in total. The fourth-order valence-corrected chi connectivity index (χ4v) is 2.98. The molecule has 0 radical (unpaired) electrons. The fraction of sp³-hybridized carbons (Fsp3) is 0.600. The highest BCUT2D eigenvalue weighted by molar-refractivity contribution is 5.67. The summed E-state index contributed by atoms with van der Waals surface area (Å²) < 4.78 is 9.09. The predicted octanol–water partition coefficient (Wildman–Crippen LogP) is 1.40. The fourth-order valence-electron chi connectivity index (χ4n) is 2.98. The number of ether oxygens (including phenoxy) is 1. The van der Waals surface area contributed by atoms with E-state index in [1.54, 1.807) is 17.4 Å². The van der Waals surface area contributed by atoms with Crippen LogP contribution in [-0.2, 0) is 18.3 Å². The molecule has 0 unspecified atom stereocenters. The Morgan fingerprint density at radius 1 is 1.43 bits per heavy atom. The van der Waals surface area contributed by atoms with E-state index < -0.39 is 0 Å². The van der Waals surface area contributed by atoms with Crippen LogP contribution >= 0.6 is 0 Å². The molecule has 0 bridgehead atoms. The molecule has 124 valence electrons. The van der Waals surface area contributed by atoms with Crippen LogP contribution in [0, 0.1) is 0 Å². The maximum atomic E-state index is 11.9. The molecule has 1 atom stereocenters. The van der Waals surface area contributed by atoms with Gasteiger partial charge >= 0.3 is 6.09 Å². The normalized spacial score (nSPS) is 18.2. The zero-order valence-corrected chi connectivity index (χ0v) is 13.6. The highest BCUT2D eigenvalue weighted by Crippen LogP contribution is 2.26. The minimum atomic E-state index is -0.238. The van der Waals surface area contributed by atoms with Gasteiger partial charge in [-0.1, -0.05) is 0 Å². The van der Waals surface area contributed by atoms with Gasteiger partial charge in [-0.15, -0.1) is 10.2 Å². The molecule has 0 saturated carbocycles. The van der Waals surface area contributed by atoms with Gasteiger partial charge < -0.3 is 18.8 Å². The van der Waals surface area contributed by atoms with Gasteiger partial charge in [0.2, 0.25) is 0 Å². The first-order valence-corrected chi connectivity index (χ1v) is 7.94. The summed E-state index contributed by atoms with van der Waals surface area (Å²) in [5, 5.41) is 8.66. The first-order valence-electron chi connectivity index (χ1n) is 7.94. The molecule has 0 spiro atoms. The Morgan fingerprint density at radius 3 is 3.04 bits per heavy atom. The number of rotatable bonds is 4. The van der Waals surface area contributed by atoms with Gasteiger partial charge in [0, 0.05) is 38.4 Å². The van der Waals surface area contributed by atoms with E-state index in [4.69, 9.17) is 4.74 Å². The van der Waals surface area contributed by atoms with Gasteiger partial charge in [-0.05, 0) is 19.8 Å². The third kappa shape index (κ3) is 3.35. The van der Waals surface area contributed by atoms with Gasteiger partial charge in [-0.2, -0.15) is 0 Å². The minimum Gasteiger partial charge on any atom is -0.450 e. The van der Waals surface area contributed by atoms with E-state index in [0.717, 1.165) is 31.0 Å². The van der Waals surface area contributed by atoms with E-state index in [2.05, 4.69) is 15.2 Å². The summed E-state index contributed by atoms with van der Waals surface area (Å²) in [6.45, 7) is 4.24. The maximum absolute atomic E-state index is 11.9. The molecule has 3 rings (SSSR count). The van der Waals surface area contributed by atoms with Gasteiger partial charge in [0.05, 0.1) is 19.5 Å². The summed E-state index contributed by atoms with van der Waals surface area (Å²) in [6, 6.07) is 0. The molecular formula is C15H22N6O2. The zero-order valence-electron chi connectivity index (χ0n) is 13.6. The van der Waals surface area contributed by atoms with E-state index >= 15 is 0 Å². The lowest BCUT2D eigenvalue weighted by Gasteiger charge is -2.31. The molecule has 2 aromatic heterocycles. The number of hydrogen-bond acceptors (Lipinski definition) is 5. The van der Waals surface area contributed by atoms with Crippen molar-refractivity contribution in [3.63, 3.8) is 0 Å². The van der Waals surface area contributed by atoms with Crippen LogP contribution in [0.4, 0.5) is 4.79 Å². The Hall–Kier alpha value is -2.38. The number of nitrogens with zero attached hydrogens (tertiary/aromatic N) is 6. The molecule has 3 heterocycles. The molecule has 0 aromatic carbocycles. The summed E-state index contributed by atoms with van der Waals surface area (Å²) in [5.41, 5.74) is 0. The number of carbonyl (C=O) groups is 1. The van der Waals surface area contributed by atoms with Crippen molar-refractivity contribution in [2.75, 3.05) is 19.7 Å². The Labute approximate surface area is 135 Å². The molecule has 1 saturated heterocycles. The second kappa shape index (κ2) is 6.80. The highest BCUT2D eigenvalue weighted by Gasteiger charge is 2.28. The van der Waals surface area contributed by atoms with Crippen LogP contribution < -0.4 is 0 Å². The largest absolute Gasteiger partial charge is 0.450 e. The standard InChI is InChI=1S/C15H22N6O2/c1-3-23-15(22)21-7-4-5-12(9-21)14-18-17-13(19(14)2)10-20-8-6-16-11-20/h6,8,11-12H,3-5,7,9-10H2,1-2H3/t12-/m1/s1. The van der Waals surface area contributed by atoms with Crippen LogP contribution in [0.15, 0.2) is 18.7 Å². The van der Waals surface area contributed by atoms with Gasteiger partial charge in [0.1, 0.15) is 5.82 Å². The maximum Gasteiger partial charge on any atom is 0.409 e. The first-order chi connectivity index (χ1) is 11.2. The van der Waals surface area contributed by atoms with E-state index in [1.165, 1.54) is 0 Å². The lowest BCUT2D eigenvalue weighted by atomic mass is 9.97. The monoisotopic (exact) mass is 318 g/mol. The molecule has 8 heteroatoms. The van der Waals surface area contributed by atoms with Crippen molar-refractivity contribution in [3.8, 4) is 0 Å². The van der Waals surface area contributed by atoms with Crippen LogP contribution in [0.1, 0.15) is 37.3 Å². The summed E-state index contributed by atoms with van der Waals surface area (Å²) >= 11 is 0. The highest BCUT2D eigenvalue weighted by atomic mass is 16.6. The molecule has 1 aliphatic rings. The Morgan fingerprint density at radius 2 is 2.30 bits per heavy atom. The van der Waals surface area contributed by atoms with E-state index in [1.807, 2.05) is 29.3 Å². The Kier molecular flexibility index (Phi) is 4.59. The SMILES string of the molecule is CCOC(=O)N1CCC[C@@H](c2nnc(Cn3ccnc3)n2C)C1. The molecule has 8 nitrogen and oxygen atoms in total. The Bertz CT molecular complexity index is 651. The van der Waals surface area contributed by atoms with Gasteiger partial charge in [-0.25, -0.2) is 9.78 Å². The van der Waals surface area contributed by atoms with E-state index in [9.17, 15) is 4.79 Å². The summed E-state index contributed by atoms with van der Waals surface area (Å²) in [4.78, 5) is 17.7. The number of amides is 1. The van der Waals surface area contributed by atoms with Crippen molar-refractivity contribution in [1.82, 2.24) is 29.2 Å². The minimum absolute atomic E-state index is 0.196. The number of piperidine rings is 1. The number of carbonyl (C=O) groups excluding carboxylic acids is 1. The van der Waals surface area contributed by atoms with Gasteiger partial charge in [-0.3, -0.25) is 0 Å². The van der Waals surface area contributed by atoms with Gasteiger partial charge in [0.15, 0.2) is 5.82 Å². The third-order valence-corrected chi connectivity index (χ3v) is 4.19. The summed E-state index contributed by atoms with van der Waals surface area (Å²) in [5.74, 6) is 2.00. The zero-order chi connectivity index (χ0) is 16.2. The molecular weight excluding hydrogens is 296 g/mol. The molecule has 2 aromatic rings. The predicted molar refractivity (Wildman–Crippen MR) is 82.9 cm³/mol. The van der Waals surface area contributed by atoms with Crippen LogP contribution in [0.3, 0.4) is 0 Å². The van der Waals surface area contributed by atoms with E-state index in [0.29, 0.717) is 19.7 Å². The first kappa shape index (κ1) is 15.5. The number of imidazole rings is 1. The topological polar surface area (TPSA) is 78.1 Å². The van der Waals surface area contributed by atoms with Crippen LogP contribution in [0.5, 0.6) is 0 Å². The second-order valence-corrected chi connectivity index (χ2v) is 5.75. The van der Waals surface area contributed by atoms with Crippen molar-refractivity contribution in [2.24, 2.45) is 7.05 Å². The Balaban J connectivity index is 1.71. The second-order valence-electron chi connectivity index (χ2n) is 5.75. The van der Waals surface area contributed by atoms with E-state index in [-0.39, 0.29) is 12.0 Å². The van der Waals surface area contributed by atoms with Crippen LogP contribution in [-0.4, -0.2) is 55.0 Å². The van der Waals surface area contributed by atoms with Crippen molar-refractivity contribution in [1.29, 1.82) is 0 Å². The molecule has 0 aliphatic carbocycles. The quantitative estimate of drug-likeness (QED) is 0.851. The molecule has 1 aliphatic heterocycles. The van der Waals surface area contributed by atoms with Crippen LogP contribution in [0.25, 0.3) is 0 Å². The van der Waals surface area contributed by atoms with Crippen LogP contribution in [0.2, 0.25) is 0 Å².